The van der Waals surface area contributed by atoms with Gasteiger partial charge in [-0.1, -0.05) is 54.6 Å². The predicted octanol–water partition coefficient (Wildman–Crippen LogP) is 6.34. The minimum absolute atomic E-state index is 0.880. The van der Waals surface area contributed by atoms with E-state index in [4.69, 9.17) is 0 Å². The van der Waals surface area contributed by atoms with Gasteiger partial charge in [-0.2, -0.15) is 5.10 Å². The largest absolute Gasteiger partial charge is 0.285 e. The van der Waals surface area contributed by atoms with Gasteiger partial charge in [0.15, 0.2) is 0 Å². The van der Waals surface area contributed by atoms with Gasteiger partial charge in [-0.05, 0) is 76.6 Å². The van der Waals surface area contributed by atoms with E-state index in [0.29, 0.717) is 0 Å². The van der Waals surface area contributed by atoms with Crippen LogP contribution in [-0.4, -0.2) is 15.2 Å². The monoisotopic (exact) mass is 377 g/mol. The van der Waals surface area contributed by atoms with Gasteiger partial charge in [-0.25, -0.2) is 0 Å². The standard InChI is InChI=1S/C18H16.C8H7N3/c1-3-7-15-13(5-1)9-11-18-16-8-4-2-6-14(16)10-12-17(15)18;1-2-5-9-7(3-1)8-4-6-10-11-8/h1,3,5,7,9-12H,2,4,6,8H2;1-6H,(H,10,11). The molecule has 0 atom stereocenters. The minimum Gasteiger partial charge on any atom is -0.285 e. The summed E-state index contributed by atoms with van der Waals surface area (Å²) < 4.78 is 0. The number of aromatic amines is 1. The number of nitrogens with zero attached hydrogens (tertiary/aromatic N) is 2. The van der Waals surface area contributed by atoms with Crippen LogP contribution in [0.2, 0.25) is 0 Å². The molecule has 0 spiro atoms. The van der Waals surface area contributed by atoms with E-state index in [1.165, 1.54) is 47.2 Å². The van der Waals surface area contributed by atoms with Gasteiger partial charge in [-0.15, -0.1) is 0 Å². The lowest BCUT2D eigenvalue weighted by atomic mass is 9.86. The number of fused-ring (bicyclic) bond motifs is 5. The van der Waals surface area contributed by atoms with Gasteiger partial charge >= 0.3 is 0 Å². The molecule has 1 N–H and O–H groups in total. The zero-order valence-electron chi connectivity index (χ0n) is 16.3. The number of aryl methyl sites for hydroxylation is 2. The summed E-state index contributed by atoms with van der Waals surface area (Å²) in [6.45, 7) is 0. The highest BCUT2D eigenvalue weighted by molar-refractivity contribution is 6.08. The van der Waals surface area contributed by atoms with Crippen LogP contribution in [0.25, 0.3) is 32.9 Å². The number of hydrogen-bond donors (Lipinski definition) is 1. The molecule has 0 unspecified atom stereocenters. The summed E-state index contributed by atoms with van der Waals surface area (Å²) in [5, 5.41) is 12.4. The summed E-state index contributed by atoms with van der Waals surface area (Å²) in [4.78, 5) is 4.14. The van der Waals surface area contributed by atoms with E-state index in [2.05, 4.69) is 63.7 Å². The Morgan fingerprint density at radius 1 is 0.655 bits per heavy atom. The maximum absolute atomic E-state index is 4.14. The van der Waals surface area contributed by atoms with Crippen LogP contribution >= 0.6 is 0 Å². The minimum atomic E-state index is 0.880. The summed E-state index contributed by atoms with van der Waals surface area (Å²) >= 11 is 0. The molecule has 0 saturated carbocycles. The molecule has 0 radical (unpaired) electrons. The second kappa shape index (κ2) is 7.88. The number of nitrogens with one attached hydrogen (secondary N) is 1. The van der Waals surface area contributed by atoms with Crippen molar-refractivity contribution >= 4 is 21.5 Å². The Morgan fingerprint density at radius 3 is 2.38 bits per heavy atom. The number of aromatic nitrogens is 3. The third-order valence-corrected chi connectivity index (χ3v) is 5.69. The second-order valence-electron chi connectivity index (χ2n) is 7.47. The van der Waals surface area contributed by atoms with Gasteiger partial charge in [0.2, 0.25) is 0 Å². The fraction of sp³-hybridized carbons (Fsp3) is 0.154. The zero-order valence-corrected chi connectivity index (χ0v) is 16.3. The smallest absolute Gasteiger partial charge is 0.110 e. The molecule has 0 fully saturated rings. The first-order valence-electron chi connectivity index (χ1n) is 10.2. The van der Waals surface area contributed by atoms with Gasteiger partial charge in [0.1, 0.15) is 5.69 Å². The summed E-state index contributed by atoms with van der Waals surface area (Å²) in [5.74, 6) is 0. The number of H-pyrrole nitrogens is 1. The molecular weight excluding hydrogens is 354 g/mol. The summed E-state index contributed by atoms with van der Waals surface area (Å²) in [6, 6.07) is 25.6. The molecule has 2 aromatic heterocycles. The lowest BCUT2D eigenvalue weighted by Crippen LogP contribution is -2.02. The molecule has 0 bridgehead atoms. The molecular formula is C26H23N3. The van der Waals surface area contributed by atoms with Crippen molar-refractivity contribution in [3.8, 4) is 11.4 Å². The molecule has 1 aliphatic carbocycles. The van der Waals surface area contributed by atoms with Gasteiger partial charge in [0.25, 0.3) is 0 Å². The molecule has 0 aliphatic heterocycles. The Morgan fingerprint density at radius 2 is 1.52 bits per heavy atom. The average molecular weight is 377 g/mol. The molecule has 142 valence electrons. The van der Waals surface area contributed by atoms with Gasteiger partial charge in [0.05, 0.1) is 5.69 Å². The van der Waals surface area contributed by atoms with Crippen molar-refractivity contribution in [1.29, 1.82) is 0 Å². The van der Waals surface area contributed by atoms with Crippen LogP contribution in [0.4, 0.5) is 0 Å². The lowest BCUT2D eigenvalue weighted by molar-refractivity contribution is 0.690. The van der Waals surface area contributed by atoms with Crippen LogP contribution < -0.4 is 0 Å². The molecule has 3 heteroatoms. The van der Waals surface area contributed by atoms with Crippen LogP contribution in [-0.2, 0) is 12.8 Å². The first kappa shape index (κ1) is 17.6. The van der Waals surface area contributed by atoms with E-state index >= 15 is 0 Å². The predicted molar refractivity (Wildman–Crippen MR) is 120 cm³/mol. The topological polar surface area (TPSA) is 41.6 Å². The van der Waals surface area contributed by atoms with E-state index in [1.807, 2.05) is 24.3 Å². The molecule has 29 heavy (non-hydrogen) atoms. The summed E-state index contributed by atoms with van der Waals surface area (Å²) in [7, 11) is 0. The average Bonchev–Trinajstić information content (AvgIpc) is 3.35. The summed E-state index contributed by atoms with van der Waals surface area (Å²) in [6.07, 6.45) is 8.75. The molecule has 1 aliphatic rings. The second-order valence-corrected chi connectivity index (χ2v) is 7.47. The Hall–Kier alpha value is -3.46. The number of rotatable bonds is 1. The third kappa shape index (κ3) is 3.52. The SMILES string of the molecule is c1ccc(-c2cc[nH]n2)nc1.c1ccc2c(c1)ccc1c3c(ccc12)CCCC3. The Labute approximate surface area is 170 Å². The molecule has 0 amide bonds. The van der Waals surface area contributed by atoms with Crippen LogP contribution in [0, 0.1) is 0 Å². The molecule has 3 nitrogen and oxygen atoms in total. The first-order chi connectivity index (χ1) is 14.4. The highest BCUT2D eigenvalue weighted by Gasteiger charge is 2.13. The maximum Gasteiger partial charge on any atom is 0.110 e. The highest BCUT2D eigenvalue weighted by Crippen LogP contribution is 2.33. The van der Waals surface area contributed by atoms with Crippen molar-refractivity contribution in [2.75, 3.05) is 0 Å². The van der Waals surface area contributed by atoms with Crippen molar-refractivity contribution in [2.45, 2.75) is 25.7 Å². The fourth-order valence-corrected chi connectivity index (χ4v) is 4.26. The van der Waals surface area contributed by atoms with E-state index in [1.54, 1.807) is 23.5 Å². The van der Waals surface area contributed by atoms with Crippen LogP contribution in [0.15, 0.2) is 85.2 Å². The summed E-state index contributed by atoms with van der Waals surface area (Å²) in [5.41, 5.74) is 4.95. The Kier molecular flexibility index (Phi) is 4.79. The number of pyridine rings is 1. The lowest BCUT2D eigenvalue weighted by Gasteiger charge is -2.18. The van der Waals surface area contributed by atoms with Gasteiger partial charge in [0, 0.05) is 12.4 Å². The van der Waals surface area contributed by atoms with Crippen LogP contribution in [0.3, 0.4) is 0 Å². The van der Waals surface area contributed by atoms with Gasteiger partial charge < -0.3 is 0 Å². The van der Waals surface area contributed by atoms with Crippen molar-refractivity contribution in [1.82, 2.24) is 15.2 Å². The normalized spacial score (nSPS) is 13.0. The number of benzene rings is 3. The van der Waals surface area contributed by atoms with E-state index in [-0.39, 0.29) is 0 Å². The van der Waals surface area contributed by atoms with Crippen molar-refractivity contribution in [3.05, 3.63) is 96.3 Å². The van der Waals surface area contributed by atoms with E-state index in [9.17, 15) is 0 Å². The van der Waals surface area contributed by atoms with Crippen molar-refractivity contribution in [3.63, 3.8) is 0 Å². The highest BCUT2D eigenvalue weighted by atomic mass is 15.1. The number of hydrogen-bond acceptors (Lipinski definition) is 2. The van der Waals surface area contributed by atoms with Crippen molar-refractivity contribution < 1.29 is 0 Å². The first-order valence-corrected chi connectivity index (χ1v) is 10.2. The molecule has 5 aromatic rings. The maximum atomic E-state index is 4.14. The molecule has 6 rings (SSSR count). The van der Waals surface area contributed by atoms with E-state index < -0.39 is 0 Å². The van der Waals surface area contributed by atoms with Crippen molar-refractivity contribution in [2.24, 2.45) is 0 Å². The Balaban J connectivity index is 0.000000142. The van der Waals surface area contributed by atoms with Gasteiger partial charge in [-0.3, -0.25) is 10.1 Å². The van der Waals surface area contributed by atoms with E-state index in [0.717, 1.165) is 11.4 Å². The molecule has 0 saturated heterocycles. The molecule has 3 aromatic carbocycles. The van der Waals surface area contributed by atoms with Crippen LogP contribution in [0.5, 0.6) is 0 Å². The molecule has 2 heterocycles. The quantitative estimate of drug-likeness (QED) is 0.346. The van der Waals surface area contributed by atoms with Crippen LogP contribution in [0.1, 0.15) is 24.0 Å². The Bertz CT molecular complexity index is 1240. The third-order valence-electron chi connectivity index (χ3n) is 5.69. The zero-order chi connectivity index (χ0) is 19.5. The fourth-order valence-electron chi connectivity index (χ4n) is 4.26.